The van der Waals surface area contributed by atoms with Crippen LogP contribution in [0, 0.1) is 0 Å². The molecule has 0 spiro atoms. The molecule has 4 rings (SSSR count). The number of anilines is 2. The summed E-state index contributed by atoms with van der Waals surface area (Å²) < 4.78 is 7.20. The molecule has 23 heavy (non-hydrogen) atoms. The third kappa shape index (κ3) is 2.48. The quantitative estimate of drug-likeness (QED) is 0.908. The minimum absolute atomic E-state index is 0.259. The largest absolute Gasteiger partial charge is 0.381 e. The zero-order valence-electron chi connectivity index (χ0n) is 13.4. The highest BCUT2D eigenvalue weighted by atomic mass is 16.5. The predicted octanol–water partition coefficient (Wildman–Crippen LogP) is 2.08. The van der Waals surface area contributed by atoms with Crippen LogP contribution in [0.5, 0.6) is 0 Å². The molecule has 2 aromatic rings. The summed E-state index contributed by atoms with van der Waals surface area (Å²) >= 11 is 0. The van der Waals surface area contributed by atoms with Crippen LogP contribution in [0.25, 0.3) is 11.1 Å². The summed E-state index contributed by atoms with van der Waals surface area (Å²) in [6, 6.07) is 6.92. The van der Waals surface area contributed by atoms with Gasteiger partial charge >= 0.3 is 0 Å². The minimum Gasteiger partial charge on any atom is -0.381 e. The van der Waals surface area contributed by atoms with Gasteiger partial charge in [0, 0.05) is 24.3 Å². The molecule has 1 unspecified atom stereocenters. The van der Waals surface area contributed by atoms with Crippen molar-refractivity contribution in [3.05, 3.63) is 30.6 Å². The van der Waals surface area contributed by atoms with E-state index in [4.69, 9.17) is 4.74 Å². The Balaban J connectivity index is 1.65. The first-order valence-electron chi connectivity index (χ1n) is 8.10. The Morgan fingerprint density at radius 3 is 2.87 bits per heavy atom. The molecule has 0 bridgehead atoms. The topological polar surface area (TPSA) is 62.5 Å². The van der Waals surface area contributed by atoms with Crippen molar-refractivity contribution in [1.29, 1.82) is 0 Å². The molecule has 2 aliphatic heterocycles. The molecule has 0 amide bonds. The Morgan fingerprint density at radius 2 is 2.17 bits per heavy atom. The van der Waals surface area contributed by atoms with Gasteiger partial charge in [-0.15, -0.1) is 0 Å². The number of aromatic nitrogens is 2. The Morgan fingerprint density at radius 1 is 1.35 bits per heavy atom. The van der Waals surface area contributed by atoms with Crippen molar-refractivity contribution in [2.45, 2.75) is 32.2 Å². The van der Waals surface area contributed by atoms with Crippen molar-refractivity contribution in [3.8, 4) is 11.1 Å². The zero-order valence-corrected chi connectivity index (χ0v) is 13.4. The summed E-state index contributed by atoms with van der Waals surface area (Å²) in [5.74, 6) is 0. The predicted molar refractivity (Wildman–Crippen MR) is 89.6 cm³/mol. The van der Waals surface area contributed by atoms with Gasteiger partial charge in [-0.1, -0.05) is 6.07 Å². The van der Waals surface area contributed by atoms with E-state index in [2.05, 4.69) is 41.7 Å². The number of hydrogen-bond donors (Lipinski definition) is 2. The molecule has 2 aliphatic rings. The molecule has 6 nitrogen and oxygen atoms in total. The lowest BCUT2D eigenvalue weighted by atomic mass is 10.0. The fraction of sp³-hybridized carbons (Fsp3) is 0.471. The zero-order chi connectivity index (χ0) is 16.0. The van der Waals surface area contributed by atoms with E-state index in [1.807, 2.05) is 22.7 Å². The molecule has 1 aromatic carbocycles. The minimum atomic E-state index is -0.502. The van der Waals surface area contributed by atoms with E-state index in [-0.39, 0.29) is 6.04 Å². The lowest BCUT2D eigenvalue weighted by Crippen LogP contribution is -2.47. The lowest BCUT2D eigenvalue weighted by Gasteiger charge is -2.39. The maximum Gasteiger partial charge on any atom is 0.124 e. The highest BCUT2D eigenvalue weighted by Gasteiger charge is 2.26. The maximum atomic E-state index is 10.1. The fourth-order valence-corrected chi connectivity index (χ4v) is 3.31. The average Bonchev–Trinajstić information content (AvgIpc) is 2.93. The molecule has 0 radical (unpaired) electrons. The number of benzene rings is 1. The van der Waals surface area contributed by atoms with Crippen LogP contribution in [0.2, 0.25) is 0 Å². The SMILES string of the molecule is CC(O)N1c2ccc(-c3cnn(C4COC4)c3)cc2NC[C@@H]1C. The number of rotatable bonds is 3. The number of nitrogens with one attached hydrogen (secondary N) is 1. The van der Waals surface area contributed by atoms with Gasteiger partial charge in [0.25, 0.3) is 0 Å². The number of hydrogen-bond acceptors (Lipinski definition) is 5. The lowest BCUT2D eigenvalue weighted by molar-refractivity contribution is -0.0286. The monoisotopic (exact) mass is 314 g/mol. The van der Waals surface area contributed by atoms with Gasteiger partial charge in [-0.05, 0) is 31.5 Å². The first-order chi connectivity index (χ1) is 11.1. The first kappa shape index (κ1) is 14.5. The Hall–Kier alpha value is -2.05. The molecule has 1 fully saturated rings. The van der Waals surface area contributed by atoms with Gasteiger partial charge in [-0.2, -0.15) is 5.10 Å². The van der Waals surface area contributed by atoms with Gasteiger partial charge in [-0.3, -0.25) is 4.68 Å². The van der Waals surface area contributed by atoms with Gasteiger partial charge in [0.05, 0.1) is 36.8 Å². The molecule has 2 atom stereocenters. The summed E-state index contributed by atoms with van der Waals surface area (Å²) in [6.45, 7) is 6.23. The number of fused-ring (bicyclic) bond motifs is 1. The van der Waals surface area contributed by atoms with E-state index >= 15 is 0 Å². The highest BCUT2D eigenvalue weighted by molar-refractivity contribution is 5.79. The summed E-state index contributed by atoms with van der Waals surface area (Å²) in [5.41, 5.74) is 4.33. The third-order valence-corrected chi connectivity index (χ3v) is 4.67. The second-order valence-corrected chi connectivity index (χ2v) is 6.40. The van der Waals surface area contributed by atoms with E-state index in [9.17, 15) is 5.11 Å². The van der Waals surface area contributed by atoms with E-state index in [1.54, 1.807) is 0 Å². The van der Waals surface area contributed by atoms with Crippen molar-refractivity contribution in [1.82, 2.24) is 9.78 Å². The number of aliphatic hydroxyl groups is 1. The standard InChI is InChI=1S/C17H22N4O2/c1-11-6-18-16-5-13(3-4-17(16)21(11)12(2)22)14-7-19-20(8-14)15-9-23-10-15/h3-5,7-8,11-12,15,18,22H,6,9-10H2,1-2H3/t11-,12?/m0/s1. The normalized spacial score (nSPS) is 22.2. The van der Waals surface area contributed by atoms with Crippen LogP contribution in [-0.2, 0) is 4.74 Å². The van der Waals surface area contributed by atoms with Crippen LogP contribution in [0.3, 0.4) is 0 Å². The number of aliphatic hydroxyl groups excluding tert-OH is 1. The van der Waals surface area contributed by atoms with Crippen LogP contribution >= 0.6 is 0 Å². The molecule has 0 aliphatic carbocycles. The van der Waals surface area contributed by atoms with E-state index < -0.39 is 6.23 Å². The molecule has 122 valence electrons. The third-order valence-electron chi connectivity index (χ3n) is 4.67. The van der Waals surface area contributed by atoms with Crippen LogP contribution in [0.15, 0.2) is 30.6 Å². The van der Waals surface area contributed by atoms with Crippen molar-refractivity contribution in [2.24, 2.45) is 0 Å². The molecular weight excluding hydrogens is 292 g/mol. The molecule has 2 N–H and O–H groups in total. The summed E-state index contributed by atoms with van der Waals surface area (Å²) in [5, 5.41) is 18.0. The molecule has 1 saturated heterocycles. The Kier molecular flexibility index (Phi) is 3.50. The molecular formula is C17H22N4O2. The van der Waals surface area contributed by atoms with E-state index in [0.717, 1.165) is 42.3 Å². The second kappa shape index (κ2) is 5.54. The summed E-state index contributed by atoms with van der Waals surface area (Å²) in [6.07, 6.45) is 3.48. The van der Waals surface area contributed by atoms with E-state index in [0.29, 0.717) is 6.04 Å². The number of ether oxygens (including phenoxy) is 1. The Bertz CT molecular complexity index is 708. The number of nitrogens with zero attached hydrogens (tertiary/aromatic N) is 3. The first-order valence-corrected chi connectivity index (χ1v) is 8.10. The van der Waals surface area contributed by atoms with Gasteiger partial charge < -0.3 is 20.1 Å². The fourth-order valence-electron chi connectivity index (χ4n) is 3.31. The van der Waals surface area contributed by atoms with Gasteiger partial charge in [0.1, 0.15) is 6.23 Å². The molecule has 0 saturated carbocycles. The highest BCUT2D eigenvalue weighted by Crippen LogP contribution is 2.36. The van der Waals surface area contributed by atoms with E-state index in [1.165, 1.54) is 0 Å². The average molecular weight is 314 g/mol. The van der Waals surface area contributed by atoms with Crippen molar-refractivity contribution >= 4 is 11.4 Å². The summed E-state index contributed by atoms with van der Waals surface area (Å²) in [7, 11) is 0. The summed E-state index contributed by atoms with van der Waals surface area (Å²) in [4.78, 5) is 2.05. The maximum absolute atomic E-state index is 10.1. The van der Waals surface area contributed by atoms with Crippen molar-refractivity contribution in [2.75, 3.05) is 30.0 Å². The second-order valence-electron chi connectivity index (χ2n) is 6.40. The smallest absolute Gasteiger partial charge is 0.124 e. The molecule has 6 heteroatoms. The Labute approximate surface area is 135 Å². The van der Waals surface area contributed by atoms with Crippen LogP contribution in [-0.4, -0.2) is 46.9 Å². The molecule has 1 aromatic heterocycles. The van der Waals surface area contributed by atoms with Crippen LogP contribution in [0.4, 0.5) is 11.4 Å². The van der Waals surface area contributed by atoms with Gasteiger partial charge in [-0.25, -0.2) is 0 Å². The van der Waals surface area contributed by atoms with Crippen molar-refractivity contribution in [3.63, 3.8) is 0 Å². The van der Waals surface area contributed by atoms with Gasteiger partial charge in [0.2, 0.25) is 0 Å². The van der Waals surface area contributed by atoms with Gasteiger partial charge in [0.15, 0.2) is 0 Å². The van der Waals surface area contributed by atoms with Crippen molar-refractivity contribution < 1.29 is 9.84 Å². The molecule has 3 heterocycles. The van der Waals surface area contributed by atoms with Crippen LogP contribution in [0.1, 0.15) is 19.9 Å². The van der Waals surface area contributed by atoms with Crippen LogP contribution < -0.4 is 10.2 Å².